The molecule has 2 aromatic rings. The molecule has 0 bridgehead atoms. The third kappa shape index (κ3) is 3.09. The van der Waals surface area contributed by atoms with Crippen LogP contribution in [0.25, 0.3) is 0 Å². The normalized spacial score (nSPS) is 11.3. The van der Waals surface area contributed by atoms with E-state index in [2.05, 4.69) is 14.7 Å². The Morgan fingerprint density at radius 2 is 2.00 bits per heavy atom. The first-order valence-electron chi connectivity index (χ1n) is 4.94. The van der Waals surface area contributed by atoms with Crippen LogP contribution in [0.15, 0.2) is 35.5 Å². The molecule has 2 rings (SSSR count). The average Bonchev–Trinajstić information content (AvgIpc) is 2.31. The highest BCUT2D eigenvalue weighted by molar-refractivity contribution is 7.92. The Morgan fingerprint density at radius 3 is 2.68 bits per heavy atom. The minimum Gasteiger partial charge on any atom is -0.399 e. The maximum absolute atomic E-state index is 13.5. The van der Waals surface area contributed by atoms with Gasteiger partial charge in [-0.3, -0.25) is 4.72 Å². The summed E-state index contributed by atoms with van der Waals surface area (Å²) in [7, 11) is -4.14. The van der Waals surface area contributed by atoms with Gasteiger partial charge in [-0.05, 0) is 18.2 Å². The van der Waals surface area contributed by atoms with Crippen molar-refractivity contribution in [2.75, 3.05) is 10.5 Å². The number of hydrogen-bond donors (Lipinski definition) is 2. The molecular weight excluding hydrogens is 295 g/mol. The molecule has 6 nitrogen and oxygen atoms in total. The molecule has 0 atom stereocenters. The van der Waals surface area contributed by atoms with Crippen molar-refractivity contribution in [3.05, 3.63) is 41.6 Å². The number of nitrogens with two attached hydrogens (primary N) is 1. The van der Waals surface area contributed by atoms with E-state index in [1.54, 1.807) is 0 Å². The second kappa shape index (κ2) is 4.98. The molecule has 0 fully saturated rings. The van der Waals surface area contributed by atoms with E-state index in [4.69, 9.17) is 17.3 Å². The number of halogens is 2. The van der Waals surface area contributed by atoms with Crippen molar-refractivity contribution in [3.8, 4) is 0 Å². The Morgan fingerprint density at radius 1 is 1.26 bits per heavy atom. The molecule has 0 aliphatic carbocycles. The third-order valence-electron chi connectivity index (χ3n) is 2.12. The highest BCUT2D eigenvalue weighted by Gasteiger charge is 2.20. The summed E-state index contributed by atoms with van der Waals surface area (Å²) in [6.45, 7) is 0. The van der Waals surface area contributed by atoms with Crippen LogP contribution in [-0.4, -0.2) is 18.4 Å². The topological polar surface area (TPSA) is 98.0 Å². The fourth-order valence-corrected chi connectivity index (χ4v) is 2.57. The van der Waals surface area contributed by atoms with Gasteiger partial charge in [0.25, 0.3) is 10.0 Å². The second-order valence-electron chi connectivity index (χ2n) is 3.52. The summed E-state index contributed by atoms with van der Waals surface area (Å²) < 4.78 is 39.5. The maximum atomic E-state index is 13.5. The van der Waals surface area contributed by atoms with E-state index in [-0.39, 0.29) is 16.7 Å². The summed E-state index contributed by atoms with van der Waals surface area (Å²) >= 11 is 5.60. The molecule has 9 heteroatoms. The first-order valence-corrected chi connectivity index (χ1v) is 6.80. The molecule has 1 heterocycles. The molecule has 1 aromatic carbocycles. The number of aromatic nitrogens is 2. The van der Waals surface area contributed by atoms with Gasteiger partial charge in [0.1, 0.15) is 28.0 Å². The van der Waals surface area contributed by atoms with Gasteiger partial charge in [-0.1, -0.05) is 11.6 Å². The lowest BCUT2D eigenvalue weighted by Crippen LogP contribution is -2.15. The number of sulfonamides is 1. The van der Waals surface area contributed by atoms with Crippen LogP contribution in [-0.2, 0) is 10.0 Å². The summed E-state index contributed by atoms with van der Waals surface area (Å²) in [5.74, 6) is -0.983. The summed E-state index contributed by atoms with van der Waals surface area (Å²) in [4.78, 5) is 6.70. The highest BCUT2D eigenvalue weighted by Crippen LogP contribution is 2.20. The van der Waals surface area contributed by atoms with Crippen molar-refractivity contribution >= 4 is 33.1 Å². The smallest absolute Gasteiger partial charge is 0.266 e. The zero-order chi connectivity index (χ0) is 14.0. The third-order valence-corrected chi connectivity index (χ3v) is 3.69. The summed E-state index contributed by atoms with van der Waals surface area (Å²) in [6, 6.07) is 4.44. The van der Waals surface area contributed by atoms with Crippen molar-refractivity contribution in [2.45, 2.75) is 4.90 Å². The van der Waals surface area contributed by atoms with E-state index in [1.807, 2.05) is 0 Å². The van der Waals surface area contributed by atoms with Crippen molar-refractivity contribution < 1.29 is 12.8 Å². The Bertz CT molecular complexity index is 723. The number of nitrogens with zero attached hydrogens (tertiary/aromatic N) is 2. The quantitative estimate of drug-likeness (QED) is 0.663. The van der Waals surface area contributed by atoms with Crippen LogP contribution < -0.4 is 10.5 Å². The number of benzene rings is 1. The zero-order valence-corrected chi connectivity index (χ0v) is 10.9. The standard InChI is InChI=1S/C10H8ClFN4O2S/c11-9-4-10(15-5-14-9)16-19(17,18)8-3-6(13)1-2-7(8)12/h1-5H,13H2,(H,14,15,16). The fourth-order valence-electron chi connectivity index (χ4n) is 1.31. The van der Waals surface area contributed by atoms with Crippen LogP contribution in [0.5, 0.6) is 0 Å². The fraction of sp³-hybridized carbons (Fsp3) is 0. The molecule has 3 N–H and O–H groups in total. The molecule has 0 aliphatic heterocycles. The van der Waals surface area contributed by atoms with E-state index in [1.165, 1.54) is 12.1 Å². The largest absolute Gasteiger partial charge is 0.399 e. The molecule has 0 amide bonds. The Labute approximate surface area is 113 Å². The van der Waals surface area contributed by atoms with Gasteiger partial charge in [-0.2, -0.15) is 0 Å². The number of anilines is 2. The predicted octanol–water partition coefficient (Wildman–Crippen LogP) is 1.65. The van der Waals surface area contributed by atoms with Gasteiger partial charge in [0, 0.05) is 11.8 Å². The van der Waals surface area contributed by atoms with E-state index < -0.39 is 20.7 Å². The molecule has 0 radical (unpaired) electrons. The van der Waals surface area contributed by atoms with Crippen LogP contribution in [0.3, 0.4) is 0 Å². The SMILES string of the molecule is Nc1ccc(F)c(S(=O)(=O)Nc2cc(Cl)ncn2)c1. The minimum absolute atomic E-state index is 0.0562. The first kappa shape index (κ1) is 13.5. The zero-order valence-electron chi connectivity index (χ0n) is 9.34. The van der Waals surface area contributed by atoms with Crippen molar-refractivity contribution in [1.29, 1.82) is 0 Å². The van der Waals surface area contributed by atoms with E-state index in [0.717, 1.165) is 18.5 Å². The molecule has 0 aliphatic rings. The molecule has 19 heavy (non-hydrogen) atoms. The predicted molar refractivity (Wildman–Crippen MR) is 68.7 cm³/mol. The summed E-state index contributed by atoms with van der Waals surface area (Å²) in [6.07, 6.45) is 1.08. The summed E-state index contributed by atoms with van der Waals surface area (Å²) in [5, 5.41) is 0.0562. The van der Waals surface area contributed by atoms with Crippen molar-refractivity contribution in [1.82, 2.24) is 9.97 Å². The number of hydrogen-bond acceptors (Lipinski definition) is 5. The van der Waals surface area contributed by atoms with E-state index in [9.17, 15) is 12.8 Å². The molecule has 100 valence electrons. The lowest BCUT2D eigenvalue weighted by atomic mass is 10.3. The Balaban J connectivity index is 2.40. The van der Waals surface area contributed by atoms with Gasteiger partial charge in [0.2, 0.25) is 0 Å². The molecule has 0 unspecified atom stereocenters. The number of nitrogens with one attached hydrogen (secondary N) is 1. The average molecular weight is 303 g/mol. The van der Waals surface area contributed by atoms with Gasteiger partial charge in [0.15, 0.2) is 0 Å². The molecule has 1 aromatic heterocycles. The van der Waals surface area contributed by atoms with Crippen LogP contribution in [0.1, 0.15) is 0 Å². The molecule has 0 spiro atoms. The first-order chi connectivity index (χ1) is 8.88. The van der Waals surface area contributed by atoms with E-state index in [0.29, 0.717) is 0 Å². The van der Waals surface area contributed by atoms with Crippen LogP contribution >= 0.6 is 11.6 Å². The molecular formula is C10H8ClFN4O2S. The lowest BCUT2D eigenvalue weighted by molar-refractivity contribution is 0.570. The van der Waals surface area contributed by atoms with Gasteiger partial charge in [-0.15, -0.1) is 0 Å². The van der Waals surface area contributed by atoms with Gasteiger partial charge < -0.3 is 5.73 Å². The number of nitrogen functional groups attached to an aromatic ring is 1. The summed E-state index contributed by atoms with van der Waals surface area (Å²) in [5.41, 5.74) is 5.56. The lowest BCUT2D eigenvalue weighted by Gasteiger charge is -2.08. The second-order valence-corrected chi connectivity index (χ2v) is 5.56. The Hall–Kier alpha value is -1.93. The number of rotatable bonds is 3. The van der Waals surface area contributed by atoms with Crippen molar-refractivity contribution in [2.24, 2.45) is 0 Å². The van der Waals surface area contributed by atoms with Crippen LogP contribution in [0.2, 0.25) is 5.15 Å². The maximum Gasteiger partial charge on any atom is 0.266 e. The van der Waals surface area contributed by atoms with Crippen LogP contribution in [0, 0.1) is 5.82 Å². The molecule has 0 saturated heterocycles. The van der Waals surface area contributed by atoms with Crippen molar-refractivity contribution in [3.63, 3.8) is 0 Å². The van der Waals surface area contributed by atoms with E-state index >= 15 is 0 Å². The van der Waals surface area contributed by atoms with Crippen LogP contribution in [0.4, 0.5) is 15.9 Å². The highest BCUT2D eigenvalue weighted by atomic mass is 35.5. The van der Waals surface area contributed by atoms with Gasteiger partial charge in [-0.25, -0.2) is 22.8 Å². The van der Waals surface area contributed by atoms with Gasteiger partial charge >= 0.3 is 0 Å². The minimum atomic E-state index is -4.14. The Kier molecular flexibility index (Phi) is 3.54. The van der Waals surface area contributed by atoms with Gasteiger partial charge in [0.05, 0.1) is 0 Å². The monoisotopic (exact) mass is 302 g/mol. The molecule has 0 saturated carbocycles.